The lowest BCUT2D eigenvalue weighted by molar-refractivity contribution is -0.142. The highest BCUT2D eigenvalue weighted by Crippen LogP contribution is 2.05. The van der Waals surface area contributed by atoms with Crippen LogP contribution in [0.15, 0.2) is 30.3 Å². The Morgan fingerprint density at radius 3 is 2.53 bits per heavy atom. The third-order valence-corrected chi connectivity index (χ3v) is 2.81. The van der Waals surface area contributed by atoms with Gasteiger partial charge in [0.1, 0.15) is 6.04 Å². The van der Waals surface area contributed by atoms with Crippen molar-refractivity contribution in [2.75, 3.05) is 6.54 Å². The van der Waals surface area contributed by atoms with E-state index in [-0.39, 0.29) is 12.3 Å². The molecule has 1 aromatic rings. The lowest BCUT2D eigenvalue weighted by Crippen LogP contribution is -2.41. The van der Waals surface area contributed by atoms with E-state index in [9.17, 15) is 9.59 Å². The van der Waals surface area contributed by atoms with Crippen LogP contribution in [0.5, 0.6) is 0 Å². The minimum atomic E-state index is -1.00. The molecule has 1 rings (SSSR count). The van der Waals surface area contributed by atoms with Gasteiger partial charge in [0.05, 0.1) is 0 Å². The molecule has 5 heteroatoms. The van der Waals surface area contributed by atoms with Crippen LogP contribution in [0, 0.1) is 0 Å². The molecule has 0 heterocycles. The summed E-state index contributed by atoms with van der Waals surface area (Å²) < 4.78 is 0. The Hall–Kier alpha value is -1.88. The van der Waals surface area contributed by atoms with Crippen LogP contribution in [0.1, 0.15) is 24.8 Å². The summed E-state index contributed by atoms with van der Waals surface area (Å²) >= 11 is 0. The summed E-state index contributed by atoms with van der Waals surface area (Å²) in [5, 5.41) is 11.6. The molecule has 0 radical (unpaired) electrons. The van der Waals surface area contributed by atoms with Crippen LogP contribution >= 0.6 is 0 Å². The molecule has 0 aliphatic carbocycles. The number of aliphatic carboxylic acids is 1. The summed E-state index contributed by atoms with van der Waals surface area (Å²) in [4.78, 5) is 22.6. The average molecular weight is 264 g/mol. The number of aryl methyl sites for hydroxylation is 1. The zero-order valence-corrected chi connectivity index (χ0v) is 10.8. The molecule has 1 amide bonds. The molecule has 0 fully saturated rings. The highest BCUT2D eigenvalue weighted by molar-refractivity contribution is 5.83. The molecule has 4 N–H and O–H groups in total. The van der Waals surface area contributed by atoms with Crippen LogP contribution in [0.4, 0.5) is 0 Å². The van der Waals surface area contributed by atoms with E-state index in [1.807, 2.05) is 30.3 Å². The van der Waals surface area contributed by atoms with Gasteiger partial charge in [-0.2, -0.15) is 0 Å². The number of rotatable bonds is 8. The minimum Gasteiger partial charge on any atom is -0.480 e. The van der Waals surface area contributed by atoms with Gasteiger partial charge in [-0.3, -0.25) is 4.79 Å². The second-order valence-corrected chi connectivity index (χ2v) is 4.37. The van der Waals surface area contributed by atoms with Crippen molar-refractivity contribution in [3.63, 3.8) is 0 Å². The molecule has 0 saturated heterocycles. The maximum absolute atomic E-state index is 11.5. The van der Waals surface area contributed by atoms with E-state index in [1.54, 1.807) is 0 Å². The van der Waals surface area contributed by atoms with Gasteiger partial charge in [0.2, 0.25) is 5.91 Å². The lowest BCUT2D eigenvalue weighted by atomic mass is 10.1. The molecule has 5 nitrogen and oxygen atoms in total. The highest BCUT2D eigenvalue weighted by Gasteiger charge is 2.19. The highest BCUT2D eigenvalue weighted by atomic mass is 16.4. The van der Waals surface area contributed by atoms with E-state index in [0.717, 1.165) is 5.56 Å². The van der Waals surface area contributed by atoms with Crippen LogP contribution in [-0.2, 0) is 16.0 Å². The predicted molar refractivity (Wildman–Crippen MR) is 72.6 cm³/mol. The van der Waals surface area contributed by atoms with Crippen molar-refractivity contribution in [1.29, 1.82) is 0 Å². The Bertz CT molecular complexity index is 406. The van der Waals surface area contributed by atoms with Gasteiger partial charge in [-0.05, 0) is 31.4 Å². The third kappa shape index (κ3) is 6.01. The summed E-state index contributed by atoms with van der Waals surface area (Å²) in [7, 11) is 0. The van der Waals surface area contributed by atoms with Crippen molar-refractivity contribution in [3.05, 3.63) is 35.9 Å². The van der Waals surface area contributed by atoms with Gasteiger partial charge in [-0.25, -0.2) is 4.79 Å². The molecule has 1 atom stereocenters. The molecule has 0 bridgehead atoms. The molecule has 0 spiro atoms. The number of carboxylic acid groups (broad SMARTS) is 1. The number of nitrogens with two attached hydrogens (primary N) is 1. The maximum Gasteiger partial charge on any atom is 0.326 e. The molecule has 1 aromatic carbocycles. The van der Waals surface area contributed by atoms with Crippen LogP contribution in [0.3, 0.4) is 0 Å². The van der Waals surface area contributed by atoms with Crippen LogP contribution in [-0.4, -0.2) is 29.6 Å². The first-order valence-electron chi connectivity index (χ1n) is 6.39. The van der Waals surface area contributed by atoms with Gasteiger partial charge < -0.3 is 16.2 Å². The van der Waals surface area contributed by atoms with E-state index in [4.69, 9.17) is 10.8 Å². The number of carboxylic acids is 1. The molecule has 0 aliphatic rings. The first kappa shape index (κ1) is 15.2. The van der Waals surface area contributed by atoms with Crippen LogP contribution < -0.4 is 11.1 Å². The van der Waals surface area contributed by atoms with Crippen molar-refractivity contribution in [1.82, 2.24) is 5.32 Å². The Kier molecular flexibility index (Phi) is 6.60. The summed E-state index contributed by atoms with van der Waals surface area (Å²) in [6.45, 7) is 0.426. The third-order valence-electron chi connectivity index (χ3n) is 2.81. The first-order chi connectivity index (χ1) is 9.13. The second-order valence-electron chi connectivity index (χ2n) is 4.37. The lowest BCUT2D eigenvalue weighted by Gasteiger charge is -2.14. The van der Waals surface area contributed by atoms with Crippen molar-refractivity contribution >= 4 is 11.9 Å². The molecule has 0 aromatic heterocycles. The van der Waals surface area contributed by atoms with E-state index < -0.39 is 12.0 Å². The van der Waals surface area contributed by atoms with Crippen molar-refractivity contribution in [3.8, 4) is 0 Å². The molecular weight excluding hydrogens is 244 g/mol. The van der Waals surface area contributed by atoms with Crippen molar-refractivity contribution < 1.29 is 14.7 Å². The van der Waals surface area contributed by atoms with Gasteiger partial charge in [0.15, 0.2) is 0 Å². The quantitative estimate of drug-likeness (QED) is 0.651. The maximum atomic E-state index is 11.5. The number of carbonyl (C=O) groups excluding carboxylic acids is 1. The van der Waals surface area contributed by atoms with Crippen LogP contribution in [0.25, 0.3) is 0 Å². The molecule has 19 heavy (non-hydrogen) atoms. The van der Waals surface area contributed by atoms with Gasteiger partial charge in [0, 0.05) is 6.42 Å². The smallest absolute Gasteiger partial charge is 0.326 e. The summed E-state index contributed by atoms with van der Waals surface area (Å²) in [6.07, 6.45) is 1.84. The fourth-order valence-electron chi connectivity index (χ4n) is 1.74. The van der Waals surface area contributed by atoms with Crippen molar-refractivity contribution in [2.45, 2.75) is 31.7 Å². The minimum absolute atomic E-state index is 0.258. The Morgan fingerprint density at radius 1 is 1.26 bits per heavy atom. The van der Waals surface area contributed by atoms with Gasteiger partial charge in [0.25, 0.3) is 0 Å². The number of amides is 1. The second kappa shape index (κ2) is 8.26. The van der Waals surface area contributed by atoms with Gasteiger partial charge >= 0.3 is 5.97 Å². The normalized spacial score (nSPS) is 11.8. The van der Waals surface area contributed by atoms with E-state index in [1.165, 1.54) is 0 Å². The Labute approximate surface area is 112 Å². The van der Waals surface area contributed by atoms with E-state index in [0.29, 0.717) is 25.8 Å². The zero-order chi connectivity index (χ0) is 14.1. The zero-order valence-electron chi connectivity index (χ0n) is 10.8. The Morgan fingerprint density at radius 2 is 1.95 bits per heavy atom. The molecule has 104 valence electrons. The standard InChI is InChI=1S/C14H20N2O3/c15-10-4-7-13(17)16-12(14(18)19)9-8-11-5-2-1-3-6-11/h1-3,5-6,12H,4,7-10,15H2,(H,16,17)(H,18,19)/t12-/m0/s1. The number of benzene rings is 1. The van der Waals surface area contributed by atoms with Gasteiger partial charge in [-0.1, -0.05) is 30.3 Å². The number of carbonyl (C=O) groups is 2. The topological polar surface area (TPSA) is 92.4 Å². The monoisotopic (exact) mass is 264 g/mol. The molecule has 0 unspecified atom stereocenters. The predicted octanol–water partition coefficient (Wildman–Crippen LogP) is 0.927. The largest absolute Gasteiger partial charge is 0.480 e. The van der Waals surface area contributed by atoms with E-state index in [2.05, 4.69) is 5.32 Å². The number of nitrogens with one attached hydrogen (secondary N) is 1. The SMILES string of the molecule is NCCCC(=O)N[C@@H](CCc1ccccc1)C(=O)O. The molecule has 0 saturated carbocycles. The fraction of sp³-hybridized carbons (Fsp3) is 0.429. The van der Waals surface area contributed by atoms with Crippen LogP contribution in [0.2, 0.25) is 0 Å². The van der Waals surface area contributed by atoms with Gasteiger partial charge in [-0.15, -0.1) is 0 Å². The molecule has 0 aliphatic heterocycles. The average Bonchev–Trinajstić information content (AvgIpc) is 2.42. The summed E-state index contributed by atoms with van der Waals surface area (Å²) in [5.41, 5.74) is 6.37. The van der Waals surface area contributed by atoms with Crippen molar-refractivity contribution in [2.24, 2.45) is 5.73 Å². The first-order valence-corrected chi connectivity index (χ1v) is 6.39. The number of hydrogen-bond acceptors (Lipinski definition) is 3. The summed E-state index contributed by atoms with van der Waals surface area (Å²) in [6, 6.07) is 8.76. The number of hydrogen-bond donors (Lipinski definition) is 3. The molecular formula is C14H20N2O3. The fourth-order valence-corrected chi connectivity index (χ4v) is 1.74. The Balaban J connectivity index is 2.45. The summed E-state index contributed by atoms with van der Waals surface area (Å²) in [5.74, 6) is -1.26. The van der Waals surface area contributed by atoms with E-state index >= 15 is 0 Å².